The smallest absolute Gasteiger partial charge is 0.253 e. The number of hydrogen-bond acceptors (Lipinski definition) is 2. The van der Waals surface area contributed by atoms with E-state index < -0.39 is 0 Å². The number of nitrogens with zero attached hydrogens (tertiary/aromatic N) is 1. The highest BCUT2D eigenvalue weighted by atomic mass is 16.1. The van der Waals surface area contributed by atoms with E-state index in [4.69, 9.17) is 0 Å². The molecular weight excluding hydrogens is 284 g/mol. The van der Waals surface area contributed by atoms with E-state index in [2.05, 4.69) is 28.5 Å². The van der Waals surface area contributed by atoms with Crippen molar-refractivity contribution < 1.29 is 4.79 Å². The van der Waals surface area contributed by atoms with Crippen LogP contribution in [0.25, 0.3) is 0 Å². The van der Waals surface area contributed by atoms with Crippen LogP contribution in [0, 0.1) is 13.8 Å². The molecule has 3 heteroatoms. The minimum Gasteiger partial charge on any atom is -0.345 e. The van der Waals surface area contributed by atoms with E-state index in [0.29, 0.717) is 5.56 Å². The lowest BCUT2D eigenvalue weighted by Gasteiger charge is -2.20. The van der Waals surface area contributed by atoms with Crippen molar-refractivity contribution in [2.45, 2.75) is 52.5 Å². The fraction of sp³-hybridized carbons (Fsp3) is 0.400. The lowest BCUT2D eigenvalue weighted by atomic mass is 9.89. The molecule has 1 N–H and O–H groups in total. The van der Waals surface area contributed by atoms with Gasteiger partial charge in [-0.2, -0.15) is 0 Å². The minimum atomic E-state index is -0.0554. The molecule has 0 bridgehead atoms. The zero-order valence-electron chi connectivity index (χ0n) is 14.1. The summed E-state index contributed by atoms with van der Waals surface area (Å²) in [5.41, 5.74) is 6.46. The summed E-state index contributed by atoms with van der Waals surface area (Å²) in [6.45, 7) is 5.86. The van der Waals surface area contributed by atoms with Gasteiger partial charge in [-0.15, -0.1) is 0 Å². The molecular formula is C20H24N2O. The largest absolute Gasteiger partial charge is 0.345 e. The molecule has 3 nitrogen and oxygen atoms in total. The molecule has 3 rings (SSSR count). The number of nitrogens with one attached hydrogen (secondary N) is 1. The van der Waals surface area contributed by atoms with Gasteiger partial charge in [0.05, 0.1) is 17.3 Å². The summed E-state index contributed by atoms with van der Waals surface area (Å²) in [6.07, 6.45) is 4.90. The van der Waals surface area contributed by atoms with Crippen molar-refractivity contribution in [3.8, 4) is 0 Å². The van der Waals surface area contributed by atoms with Gasteiger partial charge in [0.15, 0.2) is 0 Å². The quantitative estimate of drug-likeness (QED) is 0.928. The molecule has 23 heavy (non-hydrogen) atoms. The van der Waals surface area contributed by atoms with Gasteiger partial charge in [-0.05, 0) is 75.3 Å². The van der Waals surface area contributed by atoms with E-state index in [1.54, 1.807) is 0 Å². The second-order valence-corrected chi connectivity index (χ2v) is 6.52. The predicted molar refractivity (Wildman–Crippen MR) is 92.7 cm³/mol. The van der Waals surface area contributed by atoms with Gasteiger partial charge in [-0.1, -0.05) is 18.2 Å². The summed E-state index contributed by atoms with van der Waals surface area (Å²) in [7, 11) is 0. The lowest BCUT2D eigenvalue weighted by Crippen LogP contribution is -2.27. The third-order valence-electron chi connectivity index (χ3n) is 4.69. The van der Waals surface area contributed by atoms with Gasteiger partial charge in [0.2, 0.25) is 0 Å². The van der Waals surface area contributed by atoms with E-state index in [0.717, 1.165) is 17.8 Å². The normalized spacial score (nSPS) is 14.9. The van der Waals surface area contributed by atoms with Gasteiger partial charge in [-0.25, -0.2) is 0 Å². The van der Waals surface area contributed by atoms with Crippen LogP contribution < -0.4 is 5.32 Å². The van der Waals surface area contributed by atoms with Crippen molar-refractivity contribution in [2.75, 3.05) is 0 Å². The van der Waals surface area contributed by atoms with Crippen molar-refractivity contribution in [2.24, 2.45) is 0 Å². The van der Waals surface area contributed by atoms with Gasteiger partial charge in [0.25, 0.3) is 5.91 Å². The molecule has 1 atom stereocenters. The topological polar surface area (TPSA) is 42.0 Å². The van der Waals surface area contributed by atoms with Crippen LogP contribution >= 0.6 is 0 Å². The Kier molecular flexibility index (Phi) is 4.46. The van der Waals surface area contributed by atoms with Gasteiger partial charge in [0, 0.05) is 5.69 Å². The molecule has 0 aliphatic heterocycles. The highest BCUT2D eigenvalue weighted by molar-refractivity contribution is 5.95. The number of carbonyl (C=O) groups excluding carboxylic acids is 1. The summed E-state index contributed by atoms with van der Waals surface area (Å²) >= 11 is 0. The number of amides is 1. The number of aryl methyl sites for hydroxylation is 4. The van der Waals surface area contributed by atoms with E-state index in [-0.39, 0.29) is 11.9 Å². The average Bonchev–Trinajstić information content (AvgIpc) is 2.54. The van der Waals surface area contributed by atoms with Crippen LogP contribution in [0.4, 0.5) is 0 Å². The summed E-state index contributed by atoms with van der Waals surface area (Å²) in [6, 6.07) is 10.4. The Morgan fingerprint density at radius 2 is 1.83 bits per heavy atom. The maximum Gasteiger partial charge on any atom is 0.253 e. The van der Waals surface area contributed by atoms with Crippen molar-refractivity contribution in [3.63, 3.8) is 0 Å². The zero-order valence-corrected chi connectivity index (χ0v) is 14.1. The number of benzene rings is 1. The van der Waals surface area contributed by atoms with Crippen molar-refractivity contribution >= 4 is 5.91 Å². The minimum absolute atomic E-state index is 0.00423. The molecule has 1 aromatic heterocycles. The van der Waals surface area contributed by atoms with E-state index >= 15 is 0 Å². The molecule has 1 aliphatic rings. The first-order valence-electron chi connectivity index (χ1n) is 8.41. The molecule has 1 heterocycles. The molecule has 120 valence electrons. The maximum absolute atomic E-state index is 12.5. The first kappa shape index (κ1) is 15.7. The van der Waals surface area contributed by atoms with E-state index in [9.17, 15) is 4.79 Å². The molecule has 2 aromatic rings. The standard InChI is InChI=1S/C20H24N2O/c1-13-8-11-19(15(3)21-13)20(23)22-14(2)17-10-9-16-6-4-5-7-18(16)12-17/h8-12,14H,4-7H2,1-3H3,(H,22,23). The molecule has 0 spiro atoms. The fourth-order valence-corrected chi connectivity index (χ4v) is 3.31. The van der Waals surface area contributed by atoms with Gasteiger partial charge >= 0.3 is 0 Å². The Labute approximate surface area is 138 Å². The van der Waals surface area contributed by atoms with Crippen LogP contribution in [0.2, 0.25) is 0 Å². The second-order valence-electron chi connectivity index (χ2n) is 6.52. The van der Waals surface area contributed by atoms with E-state index in [1.165, 1.54) is 36.0 Å². The summed E-state index contributed by atoms with van der Waals surface area (Å²) < 4.78 is 0. The second kappa shape index (κ2) is 6.53. The number of hydrogen-bond donors (Lipinski definition) is 1. The summed E-state index contributed by atoms with van der Waals surface area (Å²) in [4.78, 5) is 16.9. The molecule has 1 unspecified atom stereocenters. The van der Waals surface area contributed by atoms with Crippen molar-refractivity contribution in [3.05, 3.63) is 64.0 Å². The fourth-order valence-electron chi connectivity index (χ4n) is 3.31. The van der Waals surface area contributed by atoms with Gasteiger partial charge in [0.1, 0.15) is 0 Å². The molecule has 1 amide bonds. The molecule has 0 saturated carbocycles. The Bertz CT molecular complexity index is 736. The summed E-state index contributed by atoms with van der Waals surface area (Å²) in [5.74, 6) is -0.0554. The molecule has 0 fully saturated rings. The highest BCUT2D eigenvalue weighted by Gasteiger charge is 2.16. The Morgan fingerprint density at radius 1 is 1.09 bits per heavy atom. The third kappa shape index (κ3) is 3.44. The lowest BCUT2D eigenvalue weighted by molar-refractivity contribution is 0.0939. The van der Waals surface area contributed by atoms with Crippen LogP contribution in [-0.4, -0.2) is 10.9 Å². The highest BCUT2D eigenvalue weighted by Crippen LogP contribution is 2.25. The van der Waals surface area contributed by atoms with Gasteiger partial charge in [-0.3, -0.25) is 9.78 Å². The third-order valence-corrected chi connectivity index (χ3v) is 4.69. The Morgan fingerprint density at radius 3 is 2.57 bits per heavy atom. The van der Waals surface area contributed by atoms with Crippen molar-refractivity contribution in [1.82, 2.24) is 10.3 Å². The van der Waals surface area contributed by atoms with E-state index in [1.807, 2.05) is 32.9 Å². The van der Waals surface area contributed by atoms with Crippen LogP contribution in [0.3, 0.4) is 0 Å². The predicted octanol–water partition coefficient (Wildman–Crippen LogP) is 4.07. The number of rotatable bonds is 3. The first-order valence-corrected chi connectivity index (χ1v) is 8.41. The SMILES string of the molecule is Cc1ccc(C(=O)NC(C)c2ccc3c(c2)CCCC3)c(C)n1. The maximum atomic E-state index is 12.5. The Hall–Kier alpha value is -2.16. The average molecular weight is 308 g/mol. The molecule has 0 saturated heterocycles. The van der Waals surface area contributed by atoms with Crippen LogP contribution in [0.5, 0.6) is 0 Å². The van der Waals surface area contributed by atoms with Crippen LogP contribution in [-0.2, 0) is 12.8 Å². The molecule has 1 aromatic carbocycles. The van der Waals surface area contributed by atoms with Crippen LogP contribution in [0.15, 0.2) is 30.3 Å². The zero-order chi connectivity index (χ0) is 16.4. The number of aromatic nitrogens is 1. The first-order chi connectivity index (χ1) is 11.0. The summed E-state index contributed by atoms with van der Waals surface area (Å²) in [5, 5.41) is 3.10. The Balaban J connectivity index is 1.76. The number of carbonyl (C=O) groups is 1. The van der Waals surface area contributed by atoms with Gasteiger partial charge < -0.3 is 5.32 Å². The number of pyridine rings is 1. The molecule has 1 aliphatic carbocycles. The van der Waals surface area contributed by atoms with Crippen LogP contribution in [0.1, 0.15) is 64.2 Å². The van der Waals surface area contributed by atoms with Crippen molar-refractivity contribution in [1.29, 1.82) is 0 Å². The number of fused-ring (bicyclic) bond motifs is 1. The molecule has 0 radical (unpaired) electrons. The monoisotopic (exact) mass is 308 g/mol.